The van der Waals surface area contributed by atoms with Gasteiger partial charge in [-0.2, -0.15) is 0 Å². The van der Waals surface area contributed by atoms with Crippen LogP contribution in [0.4, 0.5) is 5.69 Å². The Morgan fingerprint density at radius 2 is 1.07 bits per heavy atom. The SMILES string of the molecule is NC(Cc1c[nH]c2cc(-c3ccncc3)cc([N+](=O)[O-])c12)C(=O)O.NC(Cc1c[nH]c2cc(-c3ccncc3)ccc12)C(=O)O.c1cc(-c2ccc3cc[nH]c3c2)ccn1. The number of pyridine rings is 3. The predicted octanol–water partition coefficient (Wildman–Crippen LogP) is 7.51. The van der Waals surface area contributed by atoms with Gasteiger partial charge in [-0.25, -0.2) is 0 Å². The van der Waals surface area contributed by atoms with Crippen LogP contribution in [-0.2, 0) is 22.4 Å². The number of aromatic amines is 3. The summed E-state index contributed by atoms with van der Waals surface area (Å²) in [5.74, 6) is -2.14. The van der Waals surface area contributed by atoms with Crippen molar-refractivity contribution in [3.63, 3.8) is 0 Å². The quantitative estimate of drug-likeness (QED) is 0.0526. The lowest BCUT2D eigenvalue weighted by Crippen LogP contribution is -2.32. The van der Waals surface area contributed by atoms with E-state index in [-0.39, 0.29) is 12.1 Å². The molecule has 0 aliphatic carbocycles. The summed E-state index contributed by atoms with van der Waals surface area (Å²) in [6.07, 6.45) is 16.0. The molecule has 0 aliphatic rings. The normalized spacial score (nSPS) is 11.9. The molecule has 0 fully saturated rings. The zero-order chi connectivity index (χ0) is 42.2. The van der Waals surface area contributed by atoms with E-state index in [0.29, 0.717) is 28.5 Å². The number of aromatic nitrogens is 6. The molecule has 300 valence electrons. The standard InChI is InChI=1S/C16H14N4O4.C16H15N3O2.C13H10N2/c17-12(16(21)22)5-11-8-19-13-6-10(9-1-3-18-4-2-9)7-14(15(11)13)20(23)24;17-14(16(20)21)7-12-9-19-15-8-11(1-2-13(12)15)10-3-5-18-6-4-10;1-2-12(10-3-6-14-7-4-10)9-13-11(1)5-8-15-13/h1-4,6-8,12,19H,5,17H2,(H,21,22);1-6,8-9,14,19H,7,17H2,(H,20,21);1-9,15H. The summed E-state index contributed by atoms with van der Waals surface area (Å²) in [5, 5.41) is 32.0. The fraction of sp³-hybridized carbons (Fsp3) is 0.0889. The van der Waals surface area contributed by atoms with E-state index in [2.05, 4.69) is 54.2 Å². The lowest BCUT2D eigenvalue weighted by molar-refractivity contribution is -0.383. The molecule has 0 saturated carbocycles. The third-order valence-electron chi connectivity index (χ3n) is 9.91. The van der Waals surface area contributed by atoms with Crippen molar-refractivity contribution in [3.05, 3.63) is 168 Å². The average Bonchev–Trinajstić information content (AvgIpc) is 4.03. The Morgan fingerprint density at radius 3 is 1.63 bits per heavy atom. The molecule has 0 amide bonds. The van der Waals surface area contributed by atoms with Crippen LogP contribution in [0, 0.1) is 10.1 Å². The Labute approximate surface area is 341 Å². The molecule has 6 heterocycles. The van der Waals surface area contributed by atoms with Gasteiger partial charge in [-0.3, -0.25) is 34.7 Å². The van der Waals surface area contributed by atoms with E-state index in [1.54, 1.807) is 49.2 Å². The molecule has 9 N–H and O–H groups in total. The highest BCUT2D eigenvalue weighted by molar-refractivity contribution is 5.96. The van der Waals surface area contributed by atoms with E-state index in [1.165, 1.54) is 28.1 Å². The summed E-state index contributed by atoms with van der Waals surface area (Å²) in [6, 6.07) is 27.2. The van der Waals surface area contributed by atoms with Crippen LogP contribution in [0.25, 0.3) is 66.1 Å². The minimum absolute atomic E-state index is 0.00474. The summed E-state index contributed by atoms with van der Waals surface area (Å²) in [4.78, 5) is 54.1. The van der Waals surface area contributed by atoms with Gasteiger partial charge in [-0.05, 0) is 111 Å². The molecule has 2 unspecified atom stereocenters. The van der Waals surface area contributed by atoms with Crippen LogP contribution >= 0.6 is 0 Å². The highest BCUT2D eigenvalue weighted by atomic mass is 16.6. The van der Waals surface area contributed by atoms with Gasteiger partial charge in [0.05, 0.1) is 15.8 Å². The second-order valence-electron chi connectivity index (χ2n) is 13.8. The van der Waals surface area contributed by atoms with E-state index in [0.717, 1.165) is 33.2 Å². The fourth-order valence-corrected chi connectivity index (χ4v) is 6.83. The topological polar surface area (TPSA) is 256 Å². The summed E-state index contributed by atoms with van der Waals surface area (Å²) in [5.41, 5.74) is 21.2. The van der Waals surface area contributed by atoms with Gasteiger partial charge in [0.25, 0.3) is 5.69 Å². The van der Waals surface area contributed by atoms with Crippen LogP contribution in [-0.4, -0.2) is 69.1 Å². The summed E-state index contributed by atoms with van der Waals surface area (Å²) in [6.45, 7) is 0. The molecule has 0 radical (unpaired) electrons. The number of carboxylic acid groups (broad SMARTS) is 2. The highest BCUT2D eigenvalue weighted by Gasteiger charge is 2.22. The Morgan fingerprint density at radius 1 is 0.583 bits per heavy atom. The number of aliphatic carboxylic acids is 2. The number of nitro groups is 1. The number of nitrogens with one attached hydrogen (secondary N) is 3. The number of benzene rings is 3. The molecule has 9 aromatic rings. The molecule has 0 bridgehead atoms. The summed E-state index contributed by atoms with van der Waals surface area (Å²) in [7, 11) is 0. The van der Waals surface area contributed by atoms with Crippen molar-refractivity contribution in [1.82, 2.24) is 29.9 Å². The van der Waals surface area contributed by atoms with Crippen molar-refractivity contribution in [3.8, 4) is 33.4 Å². The molecular weight excluding hydrogens is 763 g/mol. The number of carbonyl (C=O) groups is 2. The van der Waals surface area contributed by atoms with Gasteiger partial charge in [0, 0.05) is 91.1 Å². The van der Waals surface area contributed by atoms with Gasteiger partial charge < -0.3 is 36.6 Å². The highest BCUT2D eigenvalue weighted by Crippen LogP contribution is 2.35. The maximum atomic E-state index is 11.5. The van der Waals surface area contributed by atoms with Gasteiger partial charge >= 0.3 is 11.9 Å². The third kappa shape index (κ3) is 9.23. The minimum Gasteiger partial charge on any atom is -0.480 e. The van der Waals surface area contributed by atoms with E-state index < -0.39 is 28.9 Å². The molecule has 15 heteroatoms. The Kier molecular flexibility index (Phi) is 12.1. The first-order valence-electron chi connectivity index (χ1n) is 18.7. The number of nitrogens with two attached hydrogens (primary N) is 2. The molecule has 2 atom stereocenters. The van der Waals surface area contributed by atoms with Gasteiger partial charge in [-0.1, -0.05) is 24.3 Å². The largest absolute Gasteiger partial charge is 0.480 e. The smallest absolute Gasteiger partial charge is 0.320 e. The van der Waals surface area contributed by atoms with Crippen LogP contribution in [0.3, 0.4) is 0 Å². The molecule has 0 aliphatic heterocycles. The minimum atomic E-state index is -1.15. The maximum absolute atomic E-state index is 11.5. The third-order valence-corrected chi connectivity index (χ3v) is 9.91. The first-order valence-corrected chi connectivity index (χ1v) is 18.7. The van der Waals surface area contributed by atoms with E-state index in [9.17, 15) is 19.7 Å². The lowest BCUT2D eigenvalue weighted by Gasteiger charge is -2.07. The first-order chi connectivity index (χ1) is 29.0. The molecular formula is C45H39N9O6. The van der Waals surface area contributed by atoms with Gasteiger partial charge in [0.2, 0.25) is 0 Å². The Hall–Kier alpha value is -8.01. The van der Waals surface area contributed by atoms with Crippen molar-refractivity contribution in [2.24, 2.45) is 11.5 Å². The Balaban J connectivity index is 0.000000139. The fourth-order valence-electron chi connectivity index (χ4n) is 6.83. The van der Waals surface area contributed by atoms with Crippen LogP contribution in [0.5, 0.6) is 0 Å². The van der Waals surface area contributed by atoms with Gasteiger partial charge in [0.1, 0.15) is 12.1 Å². The number of H-pyrrole nitrogens is 3. The maximum Gasteiger partial charge on any atom is 0.320 e. The zero-order valence-corrected chi connectivity index (χ0v) is 31.9. The average molecular weight is 802 g/mol. The molecule has 9 rings (SSSR count). The van der Waals surface area contributed by atoms with E-state index >= 15 is 0 Å². The molecule has 0 spiro atoms. The monoisotopic (exact) mass is 801 g/mol. The van der Waals surface area contributed by atoms with E-state index in [4.69, 9.17) is 21.7 Å². The number of nitro benzene ring substituents is 1. The van der Waals surface area contributed by atoms with Crippen molar-refractivity contribution in [2.75, 3.05) is 0 Å². The number of non-ortho nitro benzene ring substituents is 1. The van der Waals surface area contributed by atoms with Crippen LogP contribution in [0.1, 0.15) is 11.1 Å². The number of rotatable bonds is 10. The van der Waals surface area contributed by atoms with Crippen LogP contribution in [0.15, 0.2) is 147 Å². The zero-order valence-electron chi connectivity index (χ0n) is 31.9. The second kappa shape index (κ2) is 18.1. The van der Waals surface area contributed by atoms with Crippen LogP contribution in [0.2, 0.25) is 0 Å². The number of carboxylic acids is 2. The predicted molar refractivity (Wildman–Crippen MR) is 230 cm³/mol. The number of hydrogen-bond donors (Lipinski definition) is 7. The first kappa shape index (κ1) is 40.2. The number of hydrogen-bond acceptors (Lipinski definition) is 9. The molecule has 0 saturated heterocycles. The molecule has 6 aromatic heterocycles. The number of fused-ring (bicyclic) bond motifs is 3. The molecule has 3 aromatic carbocycles. The molecule has 60 heavy (non-hydrogen) atoms. The molecule has 15 nitrogen and oxygen atoms in total. The number of nitrogens with zero attached hydrogens (tertiary/aromatic N) is 4. The van der Waals surface area contributed by atoms with Crippen LogP contribution < -0.4 is 11.5 Å². The summed E-state index contributed by atoms with van der Waals surface area (Å²) >= 11 is 0. The Bertz CT molecular complexity index is 2910. The van der Waals surface area contributed by atoms with Crippen molar-refractivity contribution < 1.29 is 24.7 Å². The lowest BCUT2D eigenvalue weighted by atomic mass is 10.00. The van der Waals surface area contributed by atoms with Crippen molar-refractivity contribution in [1.29, 1.82) is 0 Å². The van der Waals surface area contributed by atoms with Gasteiger partial charge in [0.15, 0.2) is 0 Å². The van der Waals surface area contributed by atoms with Crippen molar-refractivity contribution in [2.45, 2.75) is 24.9 Å². The van der Waals surface area contributed by atoms with Gasteiger partial charge in [-0.15, -0.1) is 0 Å². The summed E-state index contributed by atoms with van der Waals surface area (Å²) < 4.78 is 0. The van der Waals surface area contributed by atoms with Crippen molar-refractivity contribution >= 4 is 50.3 Å². The van der Waals surface area contributed by atoms with E-state index in [1.807, 2.05) is 67.3 Å². The second-order valence-corrected chi connectivity index (χ2v) is 13.8.